The van der Waals surface area contributed by atoms with Crippen molar-refractivity contribution in [3.05, 3.63) is 47.5 Å². The number of fused-ring (bicyclic) bond motifs is 2. The highest BCUT2D eigenvalue weighted by molar-refractivity contribution is 6.12. The first kappa shape index (κ1) is 7.31. The van der Waals surface area contributed by atoms with Crippen LogP contribution in [0.25, 0.3) is 22.2 Å². The highest BCUT2D eigenvalue weighted by Gasteiger charge is 2.27. The zero-order valence-corrected chi connectivity index (χ0v) is 7.87. The van der Waals surface area contributed by atoms with Crippen molar-refractivity contribution in [1.82, 2.24) is 11.0 Å². The van der Waals surface area contributed by atoms with E-state index < -0.39 is 0 Å². The van der Waals surface area contributed by atoms with Crippen LogP contribution in [0.3, 0.4) is 0 Å². The van der Waals surface area contributed by atoms with Gasteiger partial charge in [0.2, 0.25) is 0 Å². The fraction of sp³-hybridized carbons (Fsp3) is 0. The summed E-state index contributed by atoms with van der Waals surface area (Å²) in [7, 11) is 0. The standard InChI is InChI=1S/C12H8N2O/c1-3-7-4-2-6-9-10(7)8(5-1)11-12(9)14-15-13-11/h1-6,13-14H. The third-order valence-electron chi connectivity index (χ3n) is 3.00. The number of rotatable bonds is 0. The molecule has 0 saturated heterocycles. The SMILES string of the molecule is c1cc2c3c(cccc3c1)C1=C2NON1. The summed E-state index contributed by atoms with van der Waals surface area (Å²) in [5.41, 5.74) is 10.3. The van der Waals surface area contributed by atoms with Crippen LogP contribution in [0.4, 0.5) is 0 Å². The third-order valence-corrected chi connectivity index (χ3v) is 3.00. The van der Waals surface area contributed by atoms with Gasteiger partial charge in [-0.2, -0.15) is 4.94 Å². The molecular weight excluding hydrogens is 188 g/mol. The Labute approximate surface area is 86.3 Å². The highest BCUT2D eigenvalue weighted by atomic mass is 16.8. The number of hydrogen-bond donors (Lipinski definition) is 2. The van der Waals surface area contributed by atoms with Gasteiger partial charge in [-0.05, 0) is 5.39 Å². The molecule has 0 radical (unpaired) electrons. The number of hydroxylamine groups is 2. The van der Waals surface area contributed by atoms with Gasteiger partial charge in [0, 0.05) is 16.5 Å². The molecule has 1 aliphatic heterocycles. The first-order chi connectivity index (χ1) is 7.45. The summed E-state index contributed by atoms with van der Waals surface area (Å²) in [5.74, 6) is 0. The minimum atomic E-state index is 1.04. The average Bonchev–Trinajstić information content (AvgIpc) is 2.84. The second-order valence-electron chi connectivity index (χ2n) is 3.77. The molecule has 0 saturated carbocycles. The molecular formula is C12H8N2O. The first-order valence-electron chi connectivity index (χ1n) is 4.90. The van der Waals surface area contributed by atoms with Crippen LogP contribution in [0.15, 0.2) is 36.4 Å². The van der Waals surface area contributed by atoms with Gasteiger partial charge < -0.3 is 0 Å². The number of nitrogens with one attached hydrogen (secondary N) is 2. The lowest BCUT2D eigenvalue weighted by Crippen LogP contribution is -2.12. The van der Waals surface area contributed by atoms with Crippen LogP contribution in [0, 0.1) is 0 Å². The fourth-order valence-electron chi connectivity index (χ4n) is 2.37. The van der Waals surface area contributed by atoms with Gasteiger partial charge in [-0.3, -0.25) is 0 Å². The Morgan fingerprint density at radius 3 is 2.00 bits per heavy atom. The number of benzene rings is 2. The van der Waals surface area contributed by atoms with Crippen LogP contribution >= 0.6 is 0 Å². The van der Waals surface area contributed by atoms with E-state index in [9.17, 15) is 0 Å². The van der Waals surface area contributed by atoms with Crippen molar-refractivity contribution >= 4 is 22.2 Å². The Morgan fingerprint density at radius 2 is 1.40 bits per heavy atom. The molecule has 0 amide bonds. The lowest BCUT2D eigenvalue weighted by atomic mass is 10.0. The van der Waals surface area contributed by atoms with E-state index in [1.807, 2.05) is 0 Å². The zero-order chi connectivity index (χ0) is 9.83. The molecule has 2 aliphatic rings. The molecule has 4 rings (SSSR count). The average molecular weight is 196 g/mol. The molecule has 3 nitrogen and oxygen atoms in total. The van der Waals surface area contributed by atoms with Gasteiger partial charge in [-0.15, -0.1) is 0 Å². The van der Waals surface area contributed by atoms with Gasteiger partial charge in [0.1, 0.15) is 0 Å². The topological polar surface area (TPSA) is 33.3 Å². The summed E-state index contributed by atoms with van der Waals surface area (Å²) in [4.78, 5) is 5.03. The normalized spacial score (nSPS) is 16.5. The summed E-state index contributed by atoms with van der Waals surface area (Å²) >= 11 is 0. The molecule has 2 aromatic rings. The highest BCUT2D eigenvalue weighted by Crippen LogP contribution is 2.40. The van der Waals surface area contributed by atoms with E-state index in [0.717, 1.165) is 11.4 Å². The summed E-state index contributed by atoms with van der Waals surface area (Å²) < 4.78 is 0. The van der Waals surface area contributed by atoms with Crippen molar-refractivity contribution < 1.29 is 4.94 Å². The Hall–Kier alpha value is -2.00. The van der Waals surface area contributed by atoms with Crippen LogP contribution in [0.5, 0.6) is 0 Å². The van der Waals surface area contributed by atoms with E-state index in [4.69, 9.17) is 4.94 Å². The third kappa shape index (κ3) is 0.750. The summed E-state index contributed by atoms with van der Waals surface area (Å²) in [6.45, 7) is 0. The molecule has 0 spiro atoms. The van der Waals surface area contributed by atoms with Gasteiger partial charge in [0.15, 0.2) is 0 Å². The van der Waals surface area contributed by atoms with Gasteiger partial charge in [0.05, 0.1) is 11.4 Å². The Kier molecular flexibility index (Phi) is 1.13. The second kappa shape index (κ2) is 2.32. The van der Waals surface area contributed by atoms with Crippen molar-refractivity contribution in [2.45, 2.75) is 0 Å². The lowest BCUT2D eigenvalue weighted by Gasteiger charge is -2.06. The second-order valence-corrected chi connectivity index (χ2v) is 3.77. The fourth-order valence-corrected chi connectivity index (χ4v) is 2.37. The Balaban J connectivity index is 2.22. The summed E-state index contributed by atoms with van der Waals surface area (Å²) in [5, 5.41) is 2.57. The quantitative estimate of drug-likeness (QED) is 0.676. The predicted octanol–water partition coefficient (Wildman–Crippen LogP) is 2.02. The van der Waals surface area contributed by atoms with Crippen molar-refractivity contribution in [2.75, 3.05) is 0 Å². The largest absolute Gasteiger partial charge is 0.239 e. The maximum Gasteiger partial charge on any atom is 0.0969 e. The van der Waals surface area contributed by atoms with Crippen LogP contribution in [-0.2, 0) is 4.94 Å². The minimum absolute atomic E-state index is 1.04. The van der Waals surface area contributed by atoms with Gasteiger partial charge in [0.25, 0.3) is 0 Å². The van der Waals surface area contributed by atoms with Crippen molar-refractivity contribution in [1.29, 1.82) is 0 Å². The summed E-state index contributed by atoms with van der Waals surface area (Å²) in [6, 6.07) is 12.6. The van der Waals surface area contributed by atoms with Gasteiger partial charge >= 0.3 is 0 Å². The molecule has 0 fully saturated rings. The van der Waals surface area contributed by atoms with E-state index in [2.05, 4.69) is 47.4 Å². The van der Waals surface area contributed by atoms with Crippen molar-refractivity contribution in [3.8, 4) is 0 Å². The Bertz CT molecular complexity index is 567. The minimum Gasteiger partial charge on any atom is -0.239 e. The van der Waals surface area contributed by atoms with Crippen LogP contribution in [0.1, 0.15) is 11.1 Å². The maximum atomic E-state index is 5.03. The molecule has 1 aliphatic carbocycles. The van der Waals surface area contributed by atoms with Gasteiger partial charge in [-0.25, -0.2) is 11.0 Å². The first-order valence-corrected chi connectivity index (χ1v) is 4.90. The van der Waals surface area contributed by atoms with E-state index >= 15 is 0 Å². The smallest absolute Gasteiger partial charge is 0.0969 e. The summed E-state index contributed by atoms with van der Waals surface area (Å²) in [6.07, 6.45) is 0. The van der Waals surface area contributed by atoms with Gasteiger partial charge in [-0.1, -0.05) is 36.4 Å². The molecule has 72 valence electrons. The van der Waals surface area contributed by atoms with Crippen LogP contribution in [0.2, 0.25) is 0 Å². The molecule has 0 bridgehead atoms. The molecule has 0 atom stereocenters. The lowest BCUT2D eigenvalue weighted by molar-refractivity contribution is 0.0416. The molecule has 15 heavy (non-hydrogen) atoms. The van der Waals surface area contributed by atoms with E-state index in [0.29, 0.717) is 0 Å². The number of hydrogen-bond acceptors (Lipinski definition) is 3. The maximum absolute atomic E-state index is 5.03. The monoisotopic (exact) mass is 196 g/mol. The molecule has 2 aromatic carbocycles. The molecule has 0 unspecified atom stereocenters. The van der Waals surface area contributed by atoms with Crippen LogP contribution < -0.4 is 11.0 Å². The molecule has 1 heterocycles. The van der Waals surface area contributed by atoms with E-state index in [-0.39, 0.29) is 0 Å². The zero-order valence-electron chi connectivity index (χ0n) is 7.87. The predicted molar refractivity (Wildman–Crippen MR) is 58.1 cm³/mol. The molecule has 2 N–H and O–H groups in total. The Morgan fingerprint density at radius 1 is 0.800 bits per heavy atom. The molecule has 3 heteroatoms. The van der Waals surface area contributed by atoms with Crippen molar-refractivity contribution in [3.63, 3.8) is 0 Å². The van der Waals surface area contributed by atoms with Crippen LogP contribution in [-0.4, -0.2) is 0 Å². The van der Waals surface area contributed by atoms with Crippen molar-refractivity contribution in [2.24, 2.45) is 0 Å². The molecule has 0 aromatic heterocycles. The van der Waals surface area contributed by atoms with E-state index in [1.165, 1.54) is 21.9 Å². The van der Waals surface area contributed by atoms with E-state index in [1.54, 1.807) is 0 Å².